The number of methoxy groups -OCH3 is 1. The van der Waals surface area contributed by atoms with Crippen molar-refractivity contribution < 1.29 is 17.9 Å². The van der Waals surface area contributed by atoms with E-state index in [1.54, 1.807) is 38.4 Å². The number of amides is 2. The lowest BCUT2D eigenvalue weighted by atomic mass is 10.3. The Hall–Kier alpha value is -2.06. The van der Waals surface area contributed by atoms with Gasteiger partial charge in [0, 0.05) is 25.5 Å². The van der Waals surface area contributed by atoms with E-state index in [0.29, 0.717) is 10.6 Å². The molecule has 1 aromatic carbocycles. The number of nitrogens with one attached hydrogen (secondary N) is 1. The lowest BCUT2D eigenvalue weighted by Gasteiger charge is -2.19. The van der Waals surface area contributed by atoms with Crippen LogP contribution in [0.2, 0.25) is 0 Å². The number of benzene rings is 1. The van der Waals surface area contributed by atoms with Crippen LogP contribution in [0.5, 0.6) is 5.75 Å². The lowest BCUT2D eigenvalue weighted by molar-refractivity contribution is 0.217. The maximum atomic E-state index is 13.0. The number of sulfone groups is 1. The van der Waals surface area contributed by atoms with Crippen molar-refractivity contribution in [2.75, 3.05) is 27.7 Å². The predicted octanol–water partition coefficient (Wildman–Crippen LogP) is 2.54. The Morgan fingerprint density at radius 3 is 2.42 bits per heavy atom. The van der Waals surface area contributed by atoms with Crippen molar-refractivity contribution in [2.45, 2.75) is 10.1 Å². The van der Waals surface area contributed by atoms with Crippen molar-refractivity contribution >= 4 is 27.2 Å². The fourth-order valence-corrected chi connectivity index (χ4v) is 4.89. The van der Waals surface area contributed by atoms with Gasteiger partial charge in [-0.3, -0.25) is 0 Å². The van der Waals surface area contributed by atoms with Crippen molar-refractivity contribution in [2.24, 2.45) is 0 Å². The summed E-state index contributed by atoms with van der Waals surface area (Å²) in [7, 11) is 1.08. The van der Waals surface area contributed by atoms with Gasteiger partial charge in [0.05, 0.1) is 12.0 Å². The third-order valence-electron chi connectivity index (χ3n) is 3.47. The fourth-order valence-electron chi connectivity index (χ4n) is 2.11. The first kappa shape index (κ1) is 18.3. The molecule has 2 amide bonds. The summed E-state index contributed by atoms with van der Waals surface area (Å²) in [4.78, 5) is 14.0. The average molecular weight is 368 g/mol. The minimum Gasteiger partial charge on any atom is -0.497 e. The molecule has 0 radical (unpaired) electrons. The number of carbonyl (C=O) groups excluding carboxylic acids is 1. The molecule has 2 aromatic rings. The van der Waals surface area contributed by atoms with Crippen molar-refractivity contribution in [3.63, 3.8) is 0 Å². The number of hydrogen-bond acceptors (Lipinski definition) is 5. The lowest BCUT2D eigenvalue weighted by Crippen LogP contribution is -2.38. The van der Waals surface area contributed by atoms with Crippen LogP contribution in [0.1, 0.15) is 10.1 Å². The highest BCUT2D eigenvalue weighted by Crippen LogP contribution is 2.32. The molecule has 6 nitrogen and oxygen atoms in total. The molecule has 0 saturated carbocycles. The van der Waals surface area contributed by atoms with Gasteiger partial charge in [-0.2, -0.15) is 0 Å². The molecule has 0 aliphatic heterocycles. The summed E-state index contributed by atoms with van der Waals surface area (Å²) >= 11 is 1.35. The van der Waals surface area contributed by atoms with E-state index in [1.807, 2.05) is 5.38 Å². The molecule has 1 aromatic heterocycles. The third kappa shape index (κ3) is 4.07. The van der Waals surface area contributed by atoms with E-state index >= 15 is 0 Å². The van der Waals surface area contributed by atoms with E-state index in [0.717, 1.165) is 0 Å². The van der Waals surface area contributed by atoms with Crippen LogP contribution in [-0.4, -0.2) is 47.1 Å². The Balaban J connectivity index is 2.32. The van der Waals surface area contributed by atoms with Gasteiger partial charge < -0.3 is 15.0 Å². The molecular weight excluding hydrogens is 348 g/mol. The molecule has 8 heteroatoms. The first-order chi connectivity index (χ1) is 11.4. The minimum atomic E-state index is -3.65. The Bertz CT molecular complexity index is 769. The van der Waals surface area contributed by atoms with Crippen molar-refractivity contribution in [1.82, 2.24) is 10.2 Å². The van der Waals surface area contributed by atoms with E-state index in [9.17, 15) is 13.2 Å². The van der Waals surface area contributed by atoms with Crippen LogP contribution in [0.3, 0.4) is 0 Å². The standard InChI is InChI=1S/C16H20N2O4S2/c1-18(2)16(19)17-11-15(14-5-4-10-23-14)24(20,21)13-8-6-12(22-3)7-9-13/h4-10,15H,11H2,1-3H3,(H,17,19). The molecule has 0 spiro atoms. The molecule has 2 rings (SSSR count). The average Bonchev–Trinajstić information content (AvgIpc) is 3.08. The van der Waals surface area contributed by atoms with Gasteiger partial charge in [0.15, 0.2) is 9.84 Å². The SMILES string of the molecule is COc1ccc(S(=O)(=O)C(CNC(=O)N(C)C)c2cccs2)cc1. The van der Waals surface area contributed by atoms with Gasteiger partial charge in [-0.1, -0.05) is 6.07 Å². The summed E-state index contributed by atoms with van der Waals surface area (Å²) in [6.45, 7) is 0.00584. The van der Waals surface area contributed by atoms with Crippen LogP contribution in [0, 0.1) is 0 Å². The molecule has 0 aliphatic rings. The van der Waals surface area contributed by atoms with Crippen LogP contribution in [0.4, 0.5) is 4.79 Å². The van der Waals surface area contributed by atoms with Gasteiger partial charge in [0.25, 0.3) is 0 Å². The predicted molar refractivity (Wildman–Crippen MR) is 94.3 cm³/mol. The van der Waals surface area contributed by atoms with E-state index in [1.165, 1.54) is 35.5 Å². The van der Waals surface area contributed by atoms with Crippen LogP contribution in [0.25, 0.3) is 0 Å². The maximum Gasteiger partial charge on any atom is 0.316 e. The van der Waals surface area contributed by atoms with Gasteiger partial charge >= 0.3 is 6.03 Å². The maximum absolute atomic E-state index is 13.0. The molecule has 1 heterocycles. The summed E-state index contributed by atoms with van der Waals surface area (Å²) in [6.07, 6.45) is 0. The van der Waals surface area contributed by atoms with Gasteiger partial charge in [-0.25, -0.2) is 13.2 Å². The number of carbonyl (C=O) groups is 1. The third-order valence-corrected chi connectivity index (χ3v) is 6.70. The van der Waals surface area contributed by atoms with E-state index in [4.69, 9.17) is 4.74 Å². The number of hydrogen-bond donors (Lipinski definition) is 1. The minimum absolute atomic E-state index is 0.00584. The molecule has 1 unspecified atom stereocenters. The fraction of sp³-hybridized carbons (Fsp3) is 0.312. The Kier molecular flexibility index (Phi) is 5.84. The Labute approximate surface area is 146 Å². The molecule has 0 saturated heterocycles. The highest BCUT2D eigenvalue weighted by Gasteiger charge is 2.30. The number of rotatable bonds is 6. The zero-order chi connectivity index (χ0) is 17.7. The van der Waals surface area contributed by atoms with E-state index in [2.05, 4.69) is 5.32 Å². The second-order valence-electron chi connectivity index (χ2n) is 5.31. The van der Waals surface area contributed by atoms with Crippen LogP contribution >= 0.6 is 11.3 Å². The zero-order valence-corrected chi connectivity index (χ0v) is 15.4. The number of thiophene rings is 1. The smallest absolute Gasteiger partial charge is 0.316 e. The monoisotopic (exact) mass is 368 g/mol. The van der Waals surface area contributed by atoms with Gasteiger partial charge in [0.1, 0.15) is 11.0 Å². The first-order valence-corrected chi connectivity index (χ1v) is 9.65. The zero-order valence-electron chi connectivity index (χ0n) is 13.7. The number of nitrogens with zero attached hydrogens (tertiary/aromatic N) is 1. The van der Waals surface area contributed by atoms with E-state index in [-0.39, 0.29) is 17.5 Å². The molecule has 0 fully saturated rings. The molecule has 130 valence electrons. The summed E-state index contributed by atoms with van der Waals surface area (Å²) < 4.78 is 31.1. The number of ether oxygens (including phenoxy) is 1. The summed E-state index contributed by atoms with van der Waals surface area (Å²) in [5.41, 5.74) is 0. The first-order valence-electron chi connectivity index (χ1n) is 7.22. The van der Waals surface area contributed by atoms with Gasteiger partial charge in [-0.05, 0) is 35.7 Å². The summed E-state index contributed by atoms with van der Waals surface area (Å²) in [6, 6.07) is 9.47. The summed E-state index contributed by atoms with van der Waals surface area (Å²) in [5, 5.41) is 3.64. The highest BCUT2D eigenvalue weighted by atomic mass is 32.2. The number of urea groups is 1. The van der Waals surface area contributed by atoms with Crippen molar-refractivity contribution in [3.8, 4) is 5.75 Å². The van der Waals surface area contributed by atoms with E-state index < -0.39 is 15.1 Å². The van der Waals surface area contributed by atoms with Crippen LogP contribution in [0.15, 0.2) is 46.7 Å². The Morgan fingerprint density at radius 2 is 1.92 bits per heavy atom. The largest absolute Gasteiger partial charge is 0.497 e. The molecule has 1 N–H and O–H groups in total. The topological polar surface area (TPSA) is 75.7 Å². The Morgan fingerprint density at radius 1 is 1.25 bits per heavy atom. The molecule has 0 aliphatic carbocycles. The second-order valence-corrected chi connectivity index (χ2v) is 8.41. The van der Waals surface area contributed by atoms with Crippen molar-refractivity contribution in [3.05, 3.63) is 46.7 Å². The van der Waals surface area contributed by atoms with Crippen LogP contribution in [-0.2, 0) is 9.84 Å². The quantitative estimate of drug-likeness (QED) is 0.850. The second kappa shape index (κ2) is 7.67. The molecule has 1 atom stereocenters. The molecule has 24 heavy (non-hydrogen) atoms. The summed E-state index contributed by atoms with van der Waals surface area (Å²) in [5.74, 6) is 0.586. The van der Waals surface area contributed by atoms with Crippen LogP contribution < -0.4 is 10.1 Å². The van der Waals surface area contributed by atoms with Gasteiger partial charge in [0.2, 0.25) is 0 Å². The van der Waals surface area contributed by atoms with Gasteiger partial charge in [-0.15, -0.1) is 11.3 Å². The molecular formula is C16H20N2O4S2. The normalized spacial score (nSPS) is 12.5. The highest BCUT2D eigenvalue weighted by molar-refractivity contribution is 7.91. The molecule has 0 bridgehead atoms. The van der Waals surface area contributed by atoms with Crippen molar-refractivity contribution in [1.29, 1.82) is 0 Å².